The first-order valence-electron chi connectivity index (χ1n) is 6.75. The lowest BCUT2D eigenvalue weighted by atomic mass is 10.0. The van der Waals surface area contributed by atoms with E-state index in [0.717, 1.165) is 5.82 Å². The van der Waals surface area contributed by atoms with Gasteiger partial charge in [0.15, 0.2) is 5.78 Å². The summed E-state index contributed by atoms with van der Waals surface area (Å²) in [4.78, 5) is 29.5. The molecule has 0 aromatic carbocycles. The van der Waals surface area contributed by atoms with Gasteiger partial charge in [0.1, 0.15) is 5.82 Å². The Morgan fingerprint density at radius 2 is 2.10 bits per heavy atom. The van der Waals surface area contributed by atoms with Crippen LogP contribution in [0.4, 0.5) is 0 Å². The molecule has 1 amide bonds. The number of aryl methyl sites for hydroxylation is 1. The summed E-state index contributed by atoms with van der Waals surface area (Å²) < 4.78 is 1.92. The van der Waals surface area contributed by atoms with Gasteiger partial charge in [-0.2, -0.15) is 0 Å². The molecule has 0 spiro atoms. The SMILES string of the molecule is CC(=O)C(NC(=O)CN(C)Cc1nccn1C)C(C)C. The van der Waals surface area contributed by atoms with Crippen molar-refractivity contribution in [2.24, 2.45) is 13.0 Å². The lowest BCUT2D eigenvalue weighted by Gasteiger charge is -2.22. The van der Waals surface area contributed by atoms with Crippen molar-refractivity contribution >= 4 is 11.7 Å². The van der Waals surface area contributed by atoms with Gasteiger partial charge in [0, 0.05) is 19.4 Å². The van der Waals surface area contributed by atoms with Crippen LogP contribution in [0.1, 0.15) is 26.6 Å². The zero-order chi connectivity index (χ0) is 15.3. The Morgan fingerprint density at radius 1 is 1.45 bits per heavy atom. The van der Waals surface area contributed by atoms with Gasteiger partial charge in [0.25, 0.3) is 0 Å². The second-order valence-electron chi connectivity index (χ2n) is 5.53. The van der Waals surface area contributed by atoms with Gasteiger partial charge in [-0.15, -0.1) is 0 Å². The van der Waals surface area contributed by atoms with Crippen LogP contribution in [0.15, 0.2) is 12.4 Å². The summed E-state index contributed by atoms with van der Waals surface area (Å²) in [6.45, 7) is 6.17. The number of likely N-dealkylation sites (N-methyl/N-ethyl adjacent to an activating group) is 1. The Hall–Kier alpha value is -1.69. The van der Waals surface area contributed by atoms with Crippen LogP contribution in [-0.4, -0.2) is 45.8 Å². The van der Waals surface area contributed by atoms with Gasteiger partial charge in [0.05, 0.1) is 19.1 Å². The lowest BCUT2D eigenvalue weighted by molar-refractivity contribution is -0.128. The number of carbonyl (C=O) groups is 2. The number of nitrogens with zero attached hydrogens (tertiary/aromatic N) is 3. The van der Waals surface area contributed by atoms with E-state index in [0.29, 0.717) is 6.54 Å². The van der Waals surface area contributed by atoms with E-state index in [2.05, 4.69) is 10.3 Å². The fourth-order valence-corrected chi connectivity index (χ4v) is 2.05. The fraction of sp³-hybridized carbons (Fsp3) is 0.643. The van der Waals surface area contributed by atoms with Crippen LogP contribution in [0.5, 0.6) is 0 Å². The van der Waals surface area contributed by atoms with Crippen molar-refractivity contribution < 1.29 is 9.59 Å². The zero-order valence-corrected chi connectivity index (χ0v) is 12.9. The van der Waals surface area contributed by atoms with Crippen molar-refractivity contribution in [2.45, 2.75) is 33.4 Å². The summed E-state index contributed by atoms with van der Waals surface area (Å²) in [5, 5.41) is 2.78. The number of ketones is 1. The van der Waals surface area contributed by atoms with Gasteiger partial charge < -0.3 is 9.88 Å². The topological polar surface area (TPSA) is 67.2 Å². The number of Topliss-reactive ketones (excluding diaryl/α,β-unsaturated/α-hetero) is 1. The van der Waals surface area contributed by atoms with Crippen molar-refractivity contribution in [1.82, 2.24) is 19.8 Å². The zero-order valence-electron chi connectivity index (χ0n) is 12.9. The molecule has 1 aromatic rings. The van der Waals surface area contributed by atoms with E-state index < -0.39 is 6.04 Å². The molecule has 0 radical (unpaired) electrons. The highest BCUT2D eigenvalue weighted by atomic mass is 16.2. The first kappa shape index (κ1) is 16.4. The second kappa shape index (κ2) is 7.19. The normalized spacial score (nSPS) is 12.8. The fourth-order valence-electron chi connectivity index (χ4n) is 2.05. The first-order valence-corrected chi connectivity index (χ1v) is 6.75. The molecule has 0 aliphatic heterocycles. The molecule has 1 N–H and O–H groups in total. The molecule has 0 bridgehead atoms. The molecule has 1 atom stereocenters. The molecule has 0 fully saturated rings. The third kappa shape index (κ3) is 4.77. The van der Waals surface area contributed by atoms with Crippen molar-refractivity contribution in [1.29, 1.82) is 0 Å². The summed E-state index contributed by atoms with van der Waals surface area (Å²) >= 11 is 0. The Bertz CT molecular complexity index is 467. The molecule has 1 rings (SSSR count). The van der Waals surface area contributed by atoms with Crippen LogP contribution in [0.2, 0.25) is 0 Å². The second-order valence-corrected chi connectivity index (χ2v) is 5.53. The number of aromatic nitrogens is 2. The molecule has 6 heteroatoms. The molecule has 1 unspecified atom stereocenters. The van der Waals surface area contributed by atoms with E-state index in [1.807, 2.05) is 43.6 Å². The summed E-state index contributed by atoms with van der Waals surface area (Å²) in [7, 11) is 3.77. The standard InChI is InChI=1S/C14H24N4O2/c1-10(2)14(11(3)19)16-13(20)9-17(4)8-12-15-6-7-18(12)5/h6-7,10,14H,8-9H2,1-5H3,(H,16,20). The molecule has 112 valence electrons. The smallest absolute Gasteiger partial charge is 0.234 e. The van der Waals surface area contributed by atoms with E-state index in [4.69, 9.17) is 0 Å². The van der Waals surface area contributed by atoms with Crippen molar-refractivity contribution in [3.63, 3.8) is 0 Å². The van der Waals surface area contributed by atoms with Crippen molar-refractivity contribution in [3.05, 3.63) is 18.2 Å². The minimum absolute atomic E-state index is 0.0138. The highest BCUT2D eigenvalue weighted by Crippen LogP contribution is 2.03. The Kier molecular flexibility index (Phi) is 5.88. The quantitative estimate of drug-likeness (QED) is 0.793. The monoisotopic (exact) mass is 280 g/mol. The Morgan fingerprint density at radius 3 is 2.55 bits per heavy atom. The summed E-state index contributed by atoms with van der Waals surface area (Å²) in [6.07, 6.45) is 3.60. The molecular formula is C14H24N4O2. The number of rotatable bonds is 7. The van der Waals surface area contributed by atoms with Gasteiger partial charge in [-0.1, -0.05) is 13.8 Å². The van der Waals surface area contributed by atoms with Crippen LogP contribution >= 0.6 is 0 Å². The molecule has 0 aliphatic carbocycles. The van der Waals surface area contributed by atoms with Crippen LogP contribution in [-0.2, 0) is 23.2 Å². The highest BCUT2D eigenvalue weighted by Gasteiger charge is 2.21. The maximum Gasteiger partial charge on any atom is 0.234 e. The van der Waals surface area contributed by atoms with Crippen molar-refractivity contribution in [2.75, 3.05) is 13.6 Å². The maximum absolute atomic E-state index is 12.0. The number of nitrogens with one attached hydrogen (secondary N) is 1. The summed E-state index contributed by atoms with van der Waals surface area (Å²) in [5.41, 5.74) is 0. The summed E-state index contributed by atoms with van der Waals surface area (Å²) in [6, 6.07) is -0.413. The molecule has 0 saturated heterocycles. The predicted molar refractivity (Wildman–Crippen MR) is 77.0 cm³/mol. The van der Waals surface area contributed by atoms with Gasteiger partial charge in [-0.3, -0.25) is 14.5 Å². The first-order chi connectivity index (χ1) is 9.31. The predicted octanol–water partition coefficient (Wildman–Crippen LogP) is 0.582. The van der Waals surface area contributed by atoms with E-state index in [9.17, 15) is 9.59 Å². The summed E-state index contributed by atoms with van der Waals surface area (Å²) in [5.74, 6) is 0.833. The van der Waals surface area contributed by atoms with Crippen LogP contribution in [0, 0.1) is 5.92 Å². The highest BCUT2D eigenvalue weighted by molar-refractivity contribution is 5.88. The molecular weight excluding hydrogens is 256 g/mol. The number of hydrogen-bond acceptors (Lipinski definition) is 4. The van der Waals surface area contributed by atoms with E-state index in [1.165, 1.54) is 6.92 Å². The Balaban J connectivity index is 2.49. The lowest BCUT2D eigenvalue weighted by Crippen LogP contribution is -2.46. The average Bonchev–Trinajstić information content (AvgIpc) is 2.71. The Labute approximate surface area is 120 Å². The van der Waals surface area contributed by atoms with Crippen molar-refractivity contribution in [3.8, 4) is 0 Å². The largest absolute Gasteiger partial charge is 0.345 e. The van der Waals surface area contributed by atoms with Gasteiger partial charge in [-0.05, 0) is 19.9 Å². The average molecular weight is 280 g/mol. The molecule has 1 aromatic heterocycles. The molecule has 6 nitrogen and oxygen atoms in total. The minimum Gasteiger partial charge on any atom is -0.345 e. The van der Waals surface area contributed by atoms with Gasteiger partial charge in [0.2, 0.25) is 5.91 Å². The molecule has 1 heterocycles. The third-order valence-electron chi connectivity index (χ3n) is 3.17. The van der Waals surface area contributed by atoms with Crippen LogP contribution in [0.3, 0.4) is 0 Å². The molecule has 0 aliphatic rings. The third-order valence-corrected chi connectivity index (χ3v) is 3.17. The number of amides is 1. The van der Waals surface area contributed by atoms with E-state index in [-0.39, 0.29) is 24.2 Å². The minimum atomic E-state index is -0.413. The van der Waals surface area contributed by atoms with Gasteiger partial charge >= 0.3 is 0 Å². The van der Waals surface area contributed by atoms with E-state index in [1.54, 1.807) is 6.20 Å². The van der Waals surface area contributed by atoms with Crippen LogP contribution in [0.25, 0.3) is 0 Å². The number of imidazole rings is 1. The van der Waals surface area contributed by atoms with Gasteiger partial charge in [-0.25, -0.2) is 4.98 Å². The maximum atomic E-state index is 12.0. The molecule has 20 heavy (non-hydrogen) atoms. The van der Waals surface area contributed by atoms with Crippen LogP contribution < -0.4 is 5.32 Å². The van der Waals surface area contributed by atoms with E-state index >= 15 is 0 Å². The number of hydrogen-bond donors (Lipinski definition) is 1. The molecule has 0 saturated carbocycles. The number of carbonyl (C=O) groups excluding carboxylic acids is 2.